The molecule has 100 valence electrons. The van der Waals surface area contributed by atoms with Gasteiger partial charge in [0.05, 0.1) is 0 Å². The number of nitrogens with zero attached hydrogens (tertiary/aromatic N) is 1. The molecule has 0 spiro atoms. The number of alkyl halides is 1. The molecule has 0 aromatic heterocycles. The zero-order valence-electron chi connectivity index (χ0n) is 10.5. The number of anilines is 1. The van der Waals surface area contributed by atoms with E-state index in [1.807, 2.05) is 36.2 Å². The van der Waals surface area contributed by atoms with E-state index in [2.05, 4.69) is 15.9 Å². The molecule has 0 saturated carbocycles. The van der Waals surface area contributed by atoms with Crippen LogP contribution in [0.15, 0.2) is 42.5 Å². The molecule has 2 aromatic carbocycles. The Morgan fingerprint density at radius 3 is 2.53 bits per heavy atom. The fourth-order valence-corrected chi connectivity index (χ4v) is 2.75. The van der Waals surface area contributed by atoms with Crippen molar-refractivity contribution < 1.29 is 4.39 Å². The van der Waals surface area contributed by atoms with E-state index in [9.17, 15) is 4.39 Å². The highest BCUT2D eigenvalue weighted by Crippen LogP contribution is 2.25. The first kappa shape index (κ1) is 14.4. The Morgan fingerprint density at radius 1 is 1.16 bits per heavy atom. The van der Waals surface area contributed by atoms with Gasteiger partial charge in [-0.15, -0.1) is 0 Å². The van der Waals surface area contributed by atoms with Crippen molar-refractivity contribution in [3.8, 4) is 0 Å². The molecule has 0 bridgehead atoms. The SMILES string of the molecule is CN(Cc1ccccc1F)c1ccc(CBr)c(Cl)c1. The van der Waals surface area contributed by atoms with Crippen LogP contribution < -0.4 is 4.90 Å². The average Bonchev–Trinajstić information content (AvgIpc) is 2.41. The molecular weight excluding hydrogens is 329 g/mol. The predicted molar refractivity (Wildman–Crippen MR) is 82.6 cm³/mol. The first-order valence-electron chi connectivity index (χ1n) is 5.90. The van der Waals surface area contributed by atoms with Gasteiger partial charge in [-0.25, -0.2) is 4.39 Å². The van der Waals surface area contributed by atoms with Crippen LogP contribution >= 0.6 is 27.5 Å². The van der Waals surface area contributed by atoms with Crippen LogP contribution in [0.2, 0.25) is 5.02 Å². The largest absolute Gasteiger partial charge is 0.370 e. The third kappa shape index (κ3) is 3.48. The van der Waals surface area contributed by atoms with Gasteiger partial charge >= 0.3 is 0 Å². The fraction of sp³-hybridized carbons (Fsp3) is 0.200. The number of hydrogen-bond donors (Lipinski definition) is 0. The first-order chi connectivity index (χ1) is 9.11. The Kier molecular flexibility index (Phi) is 4.83. The minimum absolute atomic E-state index is 0.183. The normalized spacial score (nSPS) is 10.5. The van der Waals surface area contributed by atoms with Crippen molar-refractivity contribution in [2.45, 2.75) is 11.9 Å². The van der Waals surface area contributed by atoms with Gasteiger partial charge in [0.15, 0.2) is 0 Å². The highest BCUT2D eigenvalue weighted by molar-refractivity contribution is 9.08. The van der Waals surface area contributed by atoms with Gasteiger partial charge in [-0.1, -0.05) is 51.8 Å². The smallest absolute Gasteiger partial charge is 0.128 e. The predicted octanol–water partition coefficient (Wildman–Crippen LogP) is 5.01. The van der Waals surface area contributed by atoms with E-state index >= 15 is 0 Å². The lowest BCUT2D eigenvalue weighted by Gasteiger charge is -2.20. The summed E-state index contributed by atoms with van der Waals surface area (Å²) in [6.07, 6.45) is 0. The number of hydrogen-bond acceptors (Lipinski definition) is 1. The molecule has 0 amide bonds. The second kappa shape index (κ2) is 6.40. The number of halogens is 3. The summed E-state index contributed by atoms with van der Waals surface area (Å²) in [5.74, 6) is -0.183. The second-order valence-corrected chi connectivity index (χ2v) is 5.32. The zero-order valence-corrected chi connectivity index (χ0v) is 12.9. The summed E-state index contributed by atoms with van der Waals surface area (Å²) in [5, 5.41) is 1.44. The third-order valence-corrected chi connectivity index (χ3v) is 3.94. The maximum atomic E-state index is 13.6. The maximum absolute atomic E-state index is 13.6. The van der Waals surface area contributed by atoms with Crippen molar-refractivity contribution in [2.24, 2.45) is 0 Å². The first-order valence-corrected chi connectivity index (χ1v) is 7.40. The molecule has 19 heavy (non-hydrogen) atoms. The van der Waals surface area contributed by atoms with Crippen LogP contribution in [0.1, 0.15) is 11.1 Å². The molecule has 0 fully saturated rings. The topological polar surface area (TPSA) is 3.24 Å². The summed E-state index contributed by atoms with van der Waals surface area (Å²) in [5.41, 5.74) is 2.69. The summed E-state index contributed by atoms with van der Waals surface area (Å²) in [6, 6.07) is 12.7. The highest BCUT2D eigenvalue weighted by Gasteiger charge is 2.08. The Labute approximate surface area is 126 Å². The van der Waals surface area contributed by atoms with E-state index in [4.69, 9.17) is 11.6 Å². The summed E-state index contributed by atoms with van der Waals surface area (Å²) >= 11 is 9.56. The average molecular weight is 343 g/mol. The van der Waals surface area contributed by atoms with Gasteiger partial charge in [-0.05, 0) is 23.8 Å². The van der Waals surface area contributed by atoms with Gasteiger partial charge in [0.25, 0.3) is 0 Å². The summed E-state index contributed by atoms with van der Waals surface area (Å²) in [4.78, 5) is 1.97. The quantitative estimate of drug-likeness (QED) is 0.706. The van der Waals surface area contributed by atoms with Crippen molar-refractivity contribution in [3.63, 3.8) is 0 Å². The van der Waals surface area contributed by atoms with Gasteiger partial charge in [-0.2, -0.15) is 0 Å². The van der Waals surface area contributed by atoms with E-state index in [-0.39, 0.29) is 5.82 Å². The monoisotopic (exact) mass is 341 g/mol. The third-order valence-electron chi connectivity index (χ3n) is 2.99. The van der Waals surface area contributed by atoms with Gasteiger partial charge in [0.1, 0.15) is 5.82 Å². The Balaban J connectivity index is 2.18. The number of benzene rings is 2. The summed E-state index contributed by atoms with van der Waals surface area (Å²) in [6.45, 7) is 0.511. The second-order valence-electron chi connectivity index (χ2n) is 4.36. The van der Waals surface area contributed by atoms with E-state index in [0.29, 0.717) is 12.1 Å². The lowest BCUT2D eigenvalue weighted by Crippen LogP contribution is -2.17. The molecule has 0 aliphatic rings. The molecule has 1 nitrogen and oxygen atoms in total. The van der Waals surface area contributed by atoms with Crippen molar-refractivity contribution in [3.05, 3.63) is 64.4 Å². The molecule has 0 saturated heterocycles. The van der Waals surface area contributed by atoms with Crippen LogP contribution in [0, 0.1) is 5.82 Å². The Morgan fingerprint density at radius 2 is 1.89 bits per heavy atom. The van der Waals surface area contributed by atoms with Gasteiger partial charge in [0, 0.05) is 35.2 Å². The van der Waals surface area contributed by atoms with Crippen LogP contribution in [0.5, 0.6) is 0 Å². The molecule has 2 rings (SSSR count). The molecule has 0 N–H and O–H groups in total. The van der Waals surface area contributed by atoms with Gasteiger partial charge in [0.2, 0.25) is 0 Å². The van der Waals surface area contributed by atoms with Crippen LogP contribution in [-0.4, -0.2) is 7.05 Å². The van der Waals surface area contributed by atoms with Crippen molar-refractivity contribution in [1.29, 1.82) is 0 Å². The van der Waals surface area contributed by atoms with Crippen molar-refractivity contribution in [1.82, 2.24) is 0 Å². The minimum atomic E-state index is -0.183. The van der Waals surface area contributed by atoms with Gasteiger partial charge < -0.3 is 4.90 Å². The van der Waals surface area contributed by atoms with Crippen LogP contribution in [-0.2, 0) is 11.9 Å². The van der Waals surface area contributed by atoms with Crippen LogP contribution in [0.3, 0.4) is 0 Å². The standard InChI is InChI=1S/C15H14BrClFN/c1-19(10-12-4-2-3-5-15(12)18)13-7-6-11(9-16)14(17)8-13/h2-8H,9-10H2,1H3. The van der Waals surface area contributed by atoms with E-state index in [1.165, 1.54) is 6.07 Å². The van der Waals surface area contributed by atoms with E-state index < -0.39 is 0 Å². The molecule has 4 heteroatoms. The lowest BCUT2D eigenvalue weighted by molar-refractivity contribution is 0.608. The molecular formula is C15H14BrClFN. The van der Waals surface area contributed by atoms with Gasteiger partial charge in [-0.3, -0.25) is 0 Å². The zero-order chi connectivity index (χ0) is 13.8. The minimum Gasteiger partial charge on any atom is -0.370 e. The molecule has 0 unspecified atom stereocenters. The van der Waals surface area contributed by atoms with E-state index in [1.54, 1.807) is 12.1 Å². The van der Waals surface area contributed by atoms with Crippen LogP contribution in [0.4, 0.5) is 10.1 Å². The van der Waals surface area contributed by atoms with Crippen LogP contribution in [0.25, 0.3) is 0 Å². The molecule has 0 aliphatic carbocycles. The highest BCUT2D eigenvalue weighted by atomic mass is 79.9. The molecule has 0 aliphatic heterocycles. The lowest BCUT2D eigenvalue weighted by atomic mass is 10.1. The molecule has 0 radical (unpaired) electrons. The molecule has 0 atom stereocenters. The molecule has 0 heterocycles. The Hall–Kier alpha value is -1.06. The molecule has 2 aromatic rings. The fourth-order valence-electron chi connectivity index (χ4n) is 1.86. The van der Waals surface area contributed by atoms with Crippen molar-refractivity contribution in [2.75, 3.05) is 11.9 Å². The van der Waals surface area contributed by atoms with E-state index in [0.717, 1.165) is 21.6 Å². The van der Waals surface area contributed by atoms with Crippen molar-refractivity contribution >= 4 is 33.2 Å². The summed E-state index contributed by atoms with van der Waals surface area (Å²) < 4.78 is 13.6. The summed E-state index contributed by atoms with van der Waals surface area (Å²) in [7, 11) is 1.92. The maximum Gasteiger partial charge on any atom is 0.128 e. The number of rotatable bonds is 4. The Bertz CT molecular complexity index is 574.